The van der Waals surface area contributed by atoms with Crippen LogP contribution in [0.5, 0.6) is 0 Å². The van der Waals surface area contributed by atoms with Crippen LogP contribution in [0.1, 0.15) is 25.0 Å². The Kier molecular flexibility index (Phi) is 5.11. The third kappa shape index (κ3) is 3.45. The molecule has 0 aliphatic carbocycles. The Balaban J connectivity index is 2.99. The van der Waals surface area contributed by atoms with E-state index in [4.69, 9.17) is 4.74 Å². The maximum absolute atomic E-state index is 11.5. The summed E-state index contributed by atoms with van der Waals surface area (Å²) < 4.78 is 9.83. The molecule has 0 N–H and O–H groups in total. The third-order valence-corrected chi connectivity index (χ3v) is 2.40. The van der Waals surface area contributed by atoms with Crippen molar-refractivity contribution in [3.8, 4) is 0 Å². The molecule has 4 heteroatoms. The summed E-state index contributed by atoms with van der Waals surface area (Å²) in [5, 5.41) is 0. The van der Waals surface area contributed by atoms with Crippen molar-refractivity contribution in [1.29, 1.82) is 0 Å². The van der Waals surface area contributed by atoms with Crippen LogP contribution in [0.15, 0.2) is 42.5 Å². The van der Waals surface area contributed by atoms with Crippen LogP contribution in [0.25, 0.3) is 0 Å². The van der Waals surface area contributed by atoms with Gasteiger partial charge in [0.05, 0.1) is 12.7 Å². The second-order valence-corrected chi connectivity index (χ2v) is 3.65. The summed E-state index contributed by atoms with van der Waals surface area (Å²) >= 11 is 0. The smallest absolute Gasteiger partial charge is 0.337 e. The highest BCUT2D eigenvalue weighted by molar-refractivity contribution is 5.89. The lowest BCUT2D eigenvalue weighted by Gasteiger charge is -2.18. The van der Waals surface area contributed by atoms with Gasteiger partial charge >= 0.3 is 11.9 Å². The van der Waals surface area contributed by atoms with Crippen LogP contribution in [-0.4, -0.2) is 19.0 Å². The number of rotatable bonds is 5. The minimum Gasteiger partial charge on any atom is -0.466 e. The van der Waals surface area contributed by atoms with Gasteiger partial charge in [-0.25, -0.2) is 4.79 Å². The number of methoxy groups -OCH3 is 1. The summed E-state index contributed by atoms with van der Waals surface area (Å²) in [6.45, 7) is 5.32. The van der Waals surface area contributed by atoms with Gasteiger partial charge in [0.15, 0.2) is 6.10 Å². The van der Waals surface area contributed by atoms with Gasteiger partial charge in [0.25, 0.3) is 0 Å². The Morgan fingerprint density at radius 1 is 1.28 bits per heavy atom. The van der Waals surface area contributed by atoms with Gasteiger partial charge in [-0.05, 0) is 5.56 Å². The molecule has 96 valence electrons. The van der Waals surface area contributed by atoms with Gasteiger partial charge in [-0.15, -0.1) is 0 Å². The maximum atomic E-state index is 11.5. The first-order valence-electron chi connectivity index (χ1n) is 5.61. The molecule has 0 radical (unpaired) electrons. The number of carbonyl (C=O) groups is 2. The molecule has 1 aromatic carbocycles. The standard InChI is InChI=1S/C14H16O4/c1-4-12(15)18-13(10(2)14(16)17-3)11-8-6-5-7-9-11/h5-9,13H,2,4H2,1,3H3. The van der Waals surface area contributed by atoms with Gasteiger partial charge in [-0.1, -0.05) is 43.8 Å². The highest BCUT2D eigenvalue weighted by atomic mass is 16.6. The van der Waals surface area contributed by atoms with E-state index >= 15 is 0 Å². The van der Waals surface area contributed by atoms with E-state index in [0.717, 1.165) is 0 Å². The van der Waals surface area contributed by atoms with E-state index in [9.17, 15) is 9.59 Å². The van der Waals surface area contributed by atoms with Gasteiger partial charge in [0, 0.05) is 6.42 Å². The summed E-state index contributed by atoms with van der Waals surface area (Å²) in [6.07, 6.45) is -0.566. The second kappa shape index (κ2) is 6.59. The molecule has 0 heterocycles. The molecule has 0 spiro atoms. The molecule has 18 heavy (non-hydrogen) atoms. The van der Waals surface area contributed by atoms with E-state index in [0.29, 0.717) is 5.56 Å². The number of carbonyl (C=O) groups excluding carboxylic acids is 2. The normalized spacial score (nSPS) is 11.4. The minimum absolute atomic E-state index is 0.102. The monoisotopic (exact) mass is 248 g/mol. The van der Waals surface area contributed by atoms with Gasteiger partial charge < -0.3 is 9.47 Å². The molecule has 0 aliphatic rings. The average molecular weight is 248 g/mol. The first-order valence-corrected chi connectivity index (χ1v) is 5.61. The van der Waals surface area contributed by atoms with Gasteiger partial charge in [0.2, 0.25) is 0 Å². The third-order valence-electron chi connectivity index (χ3n) is 2.40. The predicted octanol–water partition coefficient (Wildman–Crippen LogP) is 2.41. The van der Waals surface area contributed by atoms with E-state index in [2.05, 4.69) is 11.3 Å². The summed E-state index contributed by atoms with van der Waals surface area (Å²) in [5.74, 6) is -0.985. The number of hydrogen-bond donors (Lipinski definition) is 0. The number of ether oxygens (including phenoxy) is 2. The van der Waals surface area contributed by atoms with Crippen LogP contribution in [0.4, 0.5) is 0 Å². The van der Waals surface area contributed by atoms with Crippen molar-refractivity contribution in [2.45, 2.75) is 19.4 Å². The lowest BCUT2D eigenvalue weighted by atomic mass is 10.0. The zero-order valence-electron chi connectivity index (χ0n) is 10.5. The number of hydrogen-bond acceptors (Lipinski definition) is 4. The molecule has 1 rings (SSSR count). The average Bonchev–Trinajstić information content (AvgIpc) is 2.43. The van der Waals surface area contributed by atoms with Crippen molar-refractivity contribution in [2.75, 3.05) is 7.11 Å². The molecule has 0 saturated heterocycles. The van der Waals surface area contributed by atoms with Crippen LogP contribution < -0.4 is 0 Å². The SMILES string of the molecule is C=C(C(=O)OC)C(OC(=O)CC)c1ccccc1. The first-order chi connectivity index (χ1) is 8.60. The predicted molar refractivity (Wildman–Crippen MR) is 66.7 cm³/mol. The zero-order valence-corrected chi connectivity index (χ0v) is 10.5. The van der Waals surface area contributed by atoms with Crippen molar-refractivity contribution in [1.82, 2.24) is 0 Å². The fraction of sp³-hybridized carbons (Fsp3) is 0.286. The Labute approximate surface area is 106 Å². The molecule has 1 aromatic rings. The summed E-state index contributed by atoms with van der Waals surface area (Å²) in [5.41, 5.74) is 0.792. The van der Waals surface area contributed by atoms with E-state index in [1.54, 1.807) is 31.2 Å². The van der Waals surface area contributed by atoms with E-state index in [-0.39, 0.29) is 12.0 Å². The number of esters is 2. The van der Waals surface area contributed by atoms with Crippen LogP contribution >= 0.6 is 0 Å². The van der Waals surface area contributed by atoms with Crippen molar-refractivity contribution in [3.05, 3.63) is 48.0 Å². The lowest BCUT2D eigenvalue weighted by Crippen LogP contribution is -2.18. The Bertz CT molecular complexity index is 436. The Morgan fingerprint density at radius 2 is 1.89 bits per heavy atom. The largest absolute Gasteiger partial charge is 0.466 e. The quantitative estimate of drug-likeness (QED) is 0.593. The molecule has 0 aliphatic heterocycles. The zero-order chi connectivity index (χ0) is 13.5. The van der Waals surface area contributed by atoms with Crippen molar-refractivity contribution >= 4 is 11.9 Å². The van der Waals surface area contributed by atoms with E-state index in [1.165, 1.54) is 7.11 Å². The van der Waals surface area contributed by atoms with Crippen molar-refractivity contribution in [3.63, 3.8) is 0 Å². The van der Waals surface area contributed by atoms with Crippen molar-refractivity contribution < 1.29 is 19.1 Å². The van der Waals surface area contributed by atoms with E-state index in [1.807, 2.05) is 6.07 Å². The Hall–Kier alpha value is -2.10. The lowest BCUT2D eigenvalue weighted by molar-refractivity contribution is -0.149. The molecular weight excluding hydrogens is 232 g/mol. The maximum Gasteiger partial charge on any atom is 0.337 e. The topological polar surface area (TPSA) is 52.6 Å². The molecule has 0 aromatic heterocycles. The van der Waals surface area contributed by atoms with Gasteiger partial charge in [-0.2, -0.15) is 0 Å². The molecule has 0 fully saturated rings. The van der Waals surface area contributed by atoms with Crippen molar-refractivity contribution in [2.24, 2.45) is 0 Å². The fourth-order valence-electron chi connectivity index (χ4n) is 1.42. The van der Waals surface area contributed by atoms with Gasteiger partial charge in [0.1, 0.15) is 0 Å². The molecule has 0 bridgehead atoms. The highest BCUT2D eigenvalue weighted by Gasteiger charge is 2.24. The summed E-state index contributed by atoms with van der Waals surface area (Å²) in [6, 6.07) is 8.96. The van der Waals surface area contributed by atoms with Crippen LogP contribution in [-0.2, 0) is 19.1 Å². The second-order valence-electron chi connectivity index (χ2n) is 3.65. The fourth-order valence-corrected chi connectivity index (χ4v) is 1.42. The molecule has 0 saturated carbocycles. The number of benzene rings is 1. The van der Waals surface area contributed by atoms with Crippen LogP contribution in [0, 0.1) is 0 Å². The minimum atomic E-state index is -0.800. The summed E-state index contributed by atoms with van der Waals surface area (Å²) in [4.78, 5) is 22.9. The molecule has 4 nitrogen and oxygen atoms in total. The molecule has 0 amide bonds. The molecular formula is C14H16O4. The first kappa shape index (κ1) is 14.0. The van der Waals surface area contributed by atoms with Crippen LogP contribution in [0.2, 0.25) is 0 Å². The van der Waals surface area contributed by atoms with E-state index < -0.39 is 18.0 Å². The molecule has 1 atom stereocenters. The molecule has 1 unspecified atom stereocenters. The van der Waals surface area contributed by atoms with Gasteiger partial charge in [-0.3, -0.25) is 4.79 Å². The van der Waals surface area contributed by atoms with Crippen LogP contribution in [0.3, 0.4) is 0 Å². The Morgan fingerprint density at radius 3 is 2.39 bits per heavy atom. The highest BCUT2D eigenvalue weighted by Crippen LogP contribution is 2.25. The summed E-state index contributed by atoms with van der Waals surface area (Å²) in [7, 11) is 1.26.